The summed E-state index contributed by atoms with van der Waals surface area (Å²) in [7, 11) is 1.39. The zero-order chi connectivity index (χ0) is 18.6. The number of esters is 1. The van der Waals surface area contributed by atoms with Crippen LogP contribution in [-0.2, 0) is 25.5 Å². The first-order valence-electron chi connectivity index (χ1n) is 9.25. The molecule has 26 heavy (non-hydrogen) atoms. The lowest BCUT2D eigenvalue weighted by molar-refractivity contribution is -0.155. The fourth-order valence-electron chi connectivity index (χ4n) is 5.85. The minimum atomic E-state index is -0.757. The molecule has 1 heterocycles. The zero-order valence-corrected chi connectivity index (χ0v) is 15.2. The van der Waals surface area contributed by atoms with Crippen LogP contribution in [0.2, 0.25) is 0 Å². The lowest BCUT2D eigenvalue weighted by Crippen LogP contribution is -2.54. The number of ether oxygens (including phenoxy) is 1. The maximum Gasteiger partial charge on any atom is 0.316 e. The average molecular weight is 356 g/mol. The van der Waals surface area contributed by atoms with Crippen LogP contribution in [0.3, 0.4) is 0 Å². The number of aldehydes is 1. The van der Waals surface area contributed by atoms with Crippen molar-refractivity contribution < 1.29 is 23.5 Å². The summed E-state index contributed by atoms with van der Waals surface area (Å²) in [6, 6.07) is 1.89. The van der Waals surface area contributed by atoms with E-state index in [-0.39, 0.29) is 17.7 Å². The summed E-state index contributed by atoms with van der Waals surface area (Å²) in [5, 5.41) is 0. The maximum atomic E-state index is 13.0. The van der Waals surface area contributed by atoms with E-state index in [0.717, 1.165) is 24.7 Å². The van der Waals surface area contributed by atoms with E-state index in [0.29, 0.717) is 19.3 Å². The molecule has 0 amide bonds. The molecule has 5 nitrogen and oxygen atoms in total. The molecule has 0 aromatic carbocycles. The smallest absolute Gasteiger partial charge is 0.316 e. The summed E-state index contributed by atoms with van der Waals surface area (Å²) in [5.74, 6) is -0.663. The summed E-state index contributed by atoms with van der Waals surface area (Å²) < 4.78 is 10.2. The zero-order valence-electron chi connectivity index (χ0n) is 15.2. The van der Waals surface area contributed by atoms with Crippen molar-refractivity contribution in [2.75, 3.05) is 7.11 Å². The highest BCUT2D eigenvalue weighted by Gasteiger charge is 2.80. The van der Waals surface area contributed by atoms with Crippen molar-refractivity contribution >= 4 is 18.0 Å². The second-order valence-corrected chi connectivity index (χ2v) is 8.27. The standard InChI is InChI=1S/C21H24O5/c1-14-3-8-20-12-21(20,18(24)25-2)9-5-16(23)17(20)19(14,13-22)7-4-15-6-10-26-11-15/h5-6,9-11,13-14,17H,3-4,7-8,12H2,1-2H3/t14-,17-,19-,20+,21+/m1/s1. The SMILES string of the molecule is COC(=O)[C@@]12C=CC(=O)[C@@H]3[C@@](C=O)(CCc4ccoc4)[C@H](C)CC[C@]31C2. The second-order valence-electron chi connectivity index (χ2n) is 8.27. The van der Waals surface area contributed by atoms with Gasteiger partial charge in [-0.05, 0) is 55.7 Å². The maximum absolute atomic E-state index is 13.0. The van der Waals surface area contributed by atoms with Gasteiger partial charge < -0.3 is 13.9 Å². The number of carbonyl (C=O) groups excluding carboxylic acids is 3. The Morgan fingerprint density at radius 1 is 1.46 bits per heavy atom. The average Bonchev–Trinajstić information content (AvgIpc) is 3.03. The van der Waals surface area contributed by atoms with E-state index in [2.05, 4.69) is 6.92 Å². The van der Waals surface area contributed by atoms with Gasteiger partial charge in [-0.15, -0.1) is 0 Å². The molecule has 1 aromatic rings. The molecule has 1 spiro atoms. The van der Waals surface area contributed by atoms with E-state index in [1.165, 1.54) is 13.2 Å². The molecule has 0 bridgehead atoms. The van der Waals surface area contributed by atoms with Gasteiger partial charge in [0.15, 0.2) is 5.78 Å². The van der Waals surface area contributed by atoms with Gasteiger partial charge in [0.2, 0.25) is 0 Å². The fraction of sp³-hybridized carbons (Fsp3) is 0.571. The van der Waals surface area contributed by atoms with E-state index in [9.17, 15) is 14.4 Å². The Morgan fingerprint density at radius 2 is 2.27 bits per heavy atom. The molecular formula is C21H24O5. The van der Waals surface area contributed by atoms with Crippen LogP contribution in [0.5, 0.6) is 0 Å². The number of rotatable bonds is 5. The van der Waals surface area contributed by atoms with E-state index >= 15 is 0 Å². The molecule has 0 saturated heterocycles. The molecule has 3 aliphatic carbocycles. The lowest BCUT2D eigenvalue weighted by Gasteiger charge is -2.51. The Balaban J connectivity index is 1.75. The summed E-state index contributed by atoms with van der Waals surface area (Å²) in [4.78, 5) is 37.9. The second kappa shape index (κ2) is 5.66. The Bertz CT molecular complexity index is 778. The number of hydrogen-bond acceptors (Lipinski definition) is 5. The van der Waals surface area contributed by atoms with Crippen LogP contribution in [0, 0.1) is 28.1 Å². The first kappa shape index (κ1) is 17.3. The monoisotopic (exact) mass is 356 g/mol. The predicted molar refractivity (Wildman–Crippen MR) is 93.1 cm³/mol. The third kappa shape index (κ3) is 2.00. The Labute approximate surface area is 152 Å². The van der Waals surface area contributed by atoms with Crippen molar-refractivity contribution in [1.29, 1.82) is 0 Å². The topological polar surface area (TPSA) is 73.6 Å². The molecule has 0 unspecified atom stereocenters. The first-order chi connectivity index (χ1) is 12.5. The van der Waals surface area contributed by atoms with Crippen LogP contribution in [0.1, 0.15) is 38.2 Å². The minimum Gasteiger partial charge on any atom is -0.472 e. The van der Waals surface area contributed by atoms with Gasteiger partial charge in [-0.2, -0.15) is 0 Å². The molecule has 4 rings (SSSR count). The number of hydrogen-bond donors (Lipinski definition) is 0. The Hall–Kier alpha value is -2.17. The fourth-order valence-corrected chi connectivity index (χ4v) is 5.85. The largest absolute Gasteiger partial charge is 0.472 e. The Morgan fingerprint density at radius 3 is 2.92 bits per heavy atom. The normalized spacial score (nSPS) is 40.5. The Kier molecular flexibility index (Phi) is 3.76. The number of methoxy groups -OCH3 is 1. The molecule has 2 saturated carbocycles. The molecule has 0 aliphatic heterocycles. The van der Waals surface area contributed by atoms with Gasteiger partial charge >= 0.3 is 5.97 Å². The van der Waals surface area contributed by atoms with Crippen LogP contribution < -0.4 is 0 Å². The number of ketones is 1. The van der Waals surface area contributed by atoms with E-state index in [4.69, 9.17) is 9.15 Å². The third-order valence-corrected chi connectivity index (χ3v) is 7.40. The van der Waals surface area contributed by atoms with Crippen molar-refractivity contribution in [1.82, 2.24) is 0 Å². The van der Waals surface area contributed by atoms with Crippen LogP contribution in [0.15, 0.2) is 35.2 Å². The number of aryl methyl sites for hydroxylation is 1. The van der Waals surface area contributed by atoms with Crippen molar-refractivity contribution in [3.63, 3.8) is 0 Å². The number of furan rings is 1. The molecule has 2 fully saturated rings. The van der Waals surface area contributed by atoms with Crippen LogP contribution >= 0.6 is 0 Å². The lowest BCUT2D eigenvalue weighted by atomic mass is 9.50. The molecular weight excluding hydrogens is 332 g/mol. The quantitative estimate of drug-likeness (QED) is 0.599. The first-order valence-corrected chi connectivity index (χ1v) is 9.25. The third-order valence-electron chi connectivity index (χ3n) is 7.40. The van der Waals surface area contributed by atoms with Gasteiger partial charge in [-0.3, -0.25) is 9.59 Å². The van der Waals surface area contributed by atoms with Gasteiger partial charge in [0.1, 0.15) is 6.29 Å². The van der Waals surface area contributed by atoms with Crippen LogP contribution in [0.4, 0.5) is 0 Å². The van der Waals surface area contributed by atoms with Gasteiger partial charge in [0, 0.05) is 16.7 Å². The van der Waals surface area contributed by atoms with E-state index in [1.54, 1.807) is 18.6 Å². The molecule has 0 radical (unpaired) electrons. The summed E-state index contributed by atoms with van der Waals surface area (Å²) in [5.41, 5.74) is -0.931. The van der Waals surface area contributed by atoms with Crippen molar-refractivity contribution in [2.45, 2.75) is 39.0 Å². The van der Waals surface area contributed by atoms with Crippen LogP contribution in [-0.4, -0.2) is 25.1 Å². The van der Waals surface area contributed by atoms with Crippen molar-refractivity contribution in [3.8, 4) is 0 Å². The molecule has 138 valence electrons. The summed E-state index contributed by atoms with van der Waals surface area (Å²) in [6.45, 7) is 2.06. The summed E-state index contributed by atoms with van der Waals surface area (Å²) in [6.07, 6.45) is 11.0. The van der Waals surface area contributed by atoms with E-state index in [1.807, 2.05) is 6.07 Å². The van der Waals surface area contributed by atoms with Crippen molar-refractivity contribution in [2.24, 2.45) is 28.1 Å². The number of carbonyl (C=O) groups is 3. The molecule has 3 aliphatic rings. The molecule has 0 N–H and O–H groups in total. The van der Waals surface area contributed by atoms with Crippen LogP contribution in [0.25, 0.3) is 0 Å². The predicted octanol–water partition coefficient (Wildman–Crippen LogP) is 3.13. The van der Waals surface area contributed by atoms with Gasteiger partial charge in [-0.25, -0.2) is 0 Å². The van der Waals surface area contributed by atoms with E-state index < -0.39 is 22.2 Å². The van der Waals surface area contributed by atoms with Gasteiger partial charge in [-0.1, -0.05) is 13.0 Å². The van der Waals surface area contributed by atoms with Gasteiger partial charge in [0.05, 0.1) is 25.1 Å². The highest BCUT2D eigenvalue weighted by Crippen LogP contribution is 2.78. The molecule has 5 heteroatoms. The van der Waals surface area contributed by atoms with Gasteiger partial charge in [0.25, 0.3) is 0 Å². The minimum absolute atomic E-state index is 0.0205. The van der Waals surface area contributed by atoms with Crippen molar-refractivity contribution in [3.05, 3.63) is 36.3 Å². The highest BCUT2D eigenvalue weighted by atomic mass is 16.5. The highest BCUT2D eigenvalue weighted by molar-refractivity contribution is 6.01. The molecule has 5 atom stereocenters. The summed E-state index contributed by atoms with van der Waals surface area (Å²) >= 11 is 0. The molecule has 1 aromatic heterocycles. The number of allylic oxidation sites excluding steroid dienone is 1.